The van der Waals surface area contributed by atoms with Gasteiger partial charge in [-0.05, 0) is 30.5 Å². The summed E-state index contributed by atoms with van der Waals surface area (Å²) in [4.78, 5) is 24.4. The topological polar surface area (TPSA) is 70.2 Å². The lowest BCUT2D eigenvalue weighted by atomic mass is 9.88. The number of anilines is 1. The third kappa shape index (κ3) is 5.90. The molecule has 5 nitrogen and oxygen atoms in total. The molecule has 2 fully saturated rings. The molecule has 1 aliphatic carbocycles. The molecule has 0 spiro atoms. The van der Waals surface area contributed by atoms with E-state index in [4.69, 9.17) is 0 Å². The van der Waals surface area contributed by atoms with Crippen molar-refractivity contribution in [2.75, 3.05) is 16.9 Å². The van der Waals surface area contributed by atoms with E-state index in [1.54, 1.807) is 11.8 Å². The van der Waals surface area contributed by atoms with Crippen molar-refractivity contribution >= 4 is 41.7 Å². The molecule has 0 radical (unpaired) electrons. The molecule has 0 aromatic heterocycles. The number of carbonyl (C=O) groups excluding carboxylic acids is 2. The van der Waals surface area contributed by atoms with Crippen LogP contribution in [0.3, 0.4) is 0 Å². The van der Waals surface area contributed by atoms with Gasteiger partial charge in [-0.3, -0.25) is 14.9 Å². The summed E-state index contributed by atoms with van der Waals surface area (Å²) in [5, 5.41) is 9.15. The summed E-state index contributed by atoms with van der Waals surface area (Å²) in [6.45, 7) is 0.481. The predicted octanol–water partition coefficient (Wildman–Crippen LogP) is 2.91. The first-order chi connectivity index (χ1) is 11.7. The Balaban J connectivity index is 0.00000225. The minimum absolute atomic E-state index is 0. The first kappa shape index (κ1) is 20.1. The average molecular weight is 384 g/mol. The van der Waals surface area contributed by atoms with Gasteiger partial charge >= 0.3 is 0 Å². The molecule has 1 aromatic rings. The number of rotatable bonds is 5. The van der Waals surface area contributed by atoms with Gasteiger partial charge in [0.1, 0.15) is 0 Å². The van der Waals surface area contributed by atoms with Gasteiger partial charge in [-0.15, -0.1) is 24.2 Å². The van der Waals surface area contributed by atoms with Crippen LogP contribution in [0.1, 0.15) is 37.7 Å². The lowest BCUT2D eigenvalue weighted by molar-refractivity contribution is -0.122. The molecule has 2 amide bonds. The van der Waals surface area contributed by atoms with Gasteiger partial charge in [-0.1, -0.05) is 31.4 Å². The molecular formula is C18H26ClN3O2S. The van der Waals surface area contributed by atoms with E-state index in [0.29, 0.717) is 6.54 Å². The smallest absolute Gasteiger partial charge is 0.238 e. The SMILES string of the molecule is Cl.O=C(Nc1cccc(CNC(=O)C2CSCN2)c1)C1CCCCC1. The van der Waals surface area contributed by atoms with Gasteiger partial charge in [0.05, 0.1) is 6.04 Å². The second-order valence-corrected chi connectivity index (χ2v) is 7.54. The van der Waals surface area contributed by atoms with Crippen molar-refractivity contribution in [2.24, 2.45) is 5.92 Å². The molecule has 1 atom stereocenters. The summed E-state index contributed by atoms with van der Waals surface area (Å²) in [5.74, 6) is 1.97. The molecular weight excluding hydrogens is 358 g/mol. The Morgan fingerprint density at radius 1 is 1.16 bits per heavy atom. The highest BCUT2D eigenvalue weighted by Crippen LogP contribution is 2.25. The van der Waals surface area contributed by atoms with Crippen molar-refractivity contribution in [1.29, 1.82) is 0 Å². The minimum Gasteiger partial charge on any atom is -0.351 e. The van der Waals surface area contributed by atoms with Crippen LogP contribution in [0.15, 0.2) is 24.3 Å². The Morgan fingerprint density at radius 3 is 2.68 bits per heavy atom. The van der Waals surface area contributed by atoms with E-state index >= 15 is 0 Å². The molecule has 0 bridgehead atoms. The fraction of sp³-hybridized carbons (Fsp3) is 0.556. The zero-order chi connectivity index (χ0) is 16.8. The molecule has 2 aliphatic rings. The highest BCUT2D eigenvalue weighted by atomic mass is 35.5. The molecule has 3 rings (SSSR count). The number of hydrogen-bond acceptors (Lipinski definition) is 4. The third-order valence-corrected chi connectivity index (χ3v) is 5.61. The van der Waals surface area contributed by atoms with E-state index in [0.717, 1.165) is 48.6 Å². The van der Waals surface area contributed by atoms with E-state index in [1.807, 2.05) is 24.3 Å². The largest absolute Gasteiger partial charge is 0.351 e. The molecule has 1 heterocycles. The molecule has 25 heavy (non-hydrogen) atoms. The highest BCUT2D eigenvalue weighted by Gasteiger charge is 2.22. The van der Waals surface area contributed by atoms with Gasteiger partial charge < -0.3 is 10.6 Å². The molecule has 7 heteroatoms. The summed E-state index contributed by atoms with van der Waals surface area (Å²) < 4.78 is 0. The molecule has 138 valence electrons. The van der Waals surface area contributed by atoms with Crippen LogP contribution in [0.25, 0.3) is 0 Å². The van der Waals surface area contributed by atoms with Crippen LogP contribution in [-0.2, 0) is 16.1 Å². The second-order valence-electron chi connectivity index (χ2n) is 6.51. The highest BCUT2D eigenvalue weighted by molar-refractivity contribution is 7.99. The Labute approximate surface area is 159 Å². The van der Waals surface area contributed by atoms with Crippen molar-refractivity contribution in [1.82, 2.24) is 10.6 Å². The van der Waals surface area contributed by atoms with E-state index in [1.165, 1.54) is 6.42 Å². The number of halogens is 1. The summed E-state index contributed by atoms with van der Waals surface area (Å²) in [5.41, 5.74) is 1.81. The number of benzene rings is 1. The zero-order valence-electron chi connectivity index (χ0n) is 14.3. The first-order valence-corrected chi connectivity index (χ1v) is 9.86. The molecule has 1 unspecified atom stereocenters. The maximum absolute atomic E-state index is 12.3. The maximum atomic E-state index is 12.3. The van der Waals surface area contributed by atoms with Crippen molar-refractivity contribution in [3.63, 3.8) is 0 Å². The average Bonchev–Trinajstić information content (AvgIpc) is 3.15. The standard InChI is InChI=1S/C18H25N3O2S.ClH/c22-17(14-6-2-1-3-7-14)21-15-8-4-5-13(9-15)10-19-18(23)16-11-24-12-20-16;/h4-5,8-9,14,16,20H,1-3,6-7,10-12H2,(H,19,23)(H,21,22);1H. The summed E-state index contributed by atoms with van der Waals surface area (Å²) >= 11 is 1.74. The monoisotopic (exact) mass is 383 g/mol. The lowest BCUT2D eigenvalue weighted by Crippen LogP contribution is -2.41. The van der Waals surface area contributed by atoms with Gasteiger partial charge in [-0.25, -0.2) is 0 Å². The lowest BCUT2D eigenvalue weighted by Gasteiger charge is -2.21. The van der Waals surface area contributed by atoms with Crippen molar-refractivity contribution in [3.8, 4) is 0 Å². The maximum Gasteiger partial charge on any atom is 0.238 e. The van der Waals surface area contributed by atoms with E-state index in [-0.39, 0.29) is 36.2 Å². The van der Waals surface area contributed by atoms with E-state index < -0.39 is 0 Å². The molecule has 1 saturated heterocycles. The van der Waals surface area contributed by atoms with Gasteiger partial charge in [-0.2, -0.15) is 0 Å². The Bertz CT molecular complexity index is 587. The Morgan fingerprint density at radius 2 is 1.96 bits per heavy atom. The van der Waals surface area contributed by atoms with E-state index in [9.17, 15) is 9.59 Å². The summed E-state index contributed by atoms with van der Waals surface area (Å²) in [6, 6.07) is 7.64. The zero-order valence-corrected chi connectivity index (χ0v) is 15.9. The number of amides is 2. The van der Waals surface area contributed by atoms with Crippen LogP contribution in [0, 0.1) is 5.92 Å². The van der Waals surface area contributed by atoms with E-state index in [2.05, 4.69) is 16.0 Å². The number of carbonyl (C=O) groups is 2. The van der Waals surface area contributed by atoms with Gasteiger partial charge in [0.15, 0.2) is 0 Å². The molecule has 1 aromatic carbocycles. The Hall–Kier alpha value is -1.24. The molecule has 1 saturated carbocycles. The fourth-order valence-corrected chi connectivity index (χ4v) is 4.19. The van der Waals surface area contributed by atoms with Crippen LogP contribution in [-0.4, -0.2) is 29.5 Å². The minimum atomic E-state index is -0.0933. The Kier molecular flexibility index (Phi) is 8.06. The number of thioether (sulfide) groups is 1. The first-order valence-electron chi connectivity index (χ1n) is 8.71. The van der Waals surface area contributed by atoms with Gasteiger partial charge in [0.2, 0.25) is 11.8 Å². The van der Waals surface area contributed by atoms with Crippen LogP contribution in [0.4, 0.5) is 5.69 Å². The second kappa shape index (κ2) is 10.0. The summed E-state index contributed by atoms with van der Waals surface area (Å²) in [7, 11) is 0. The van der Waals surface area contributed by atoms with Crippen LogP contribution >= 0.6 is 24.2 Å². The fourth-order valence-electron chi connectivity index (χ4n) is 3.24. The summed E-state index contributed by atoms with van der Waals surface area (Å²) in [6.07, 6.45) is 5.53. The van der Waals surface area contributed by atoms with Crippen LogP contribution in [0.5, 0.6) is 0 Å². The predicted molar refractivity (Wildman–Crippen MR) is 105 cm³/mol. The molecule has 3 N–H and O–H groups in total. The van der Waals surface area contributed by atoms with Crippen LogP contribution < -0.4 is 16.0 Å². The van der Waals surface area contributed by atoms with Crippen molar-refractivity contribution in [2.45, 2.75) is 44.7 Å². The van der Waals surface area contributed by atoms with Gasteiger partial charge in [0.25, 0.3) is 0 Å². The number of hydrogen-bond donors (Lipinski definition) is 3. The van der Waals surface area contributed by atoms with Crippen LogP contribution in [0.2, 0.25) is 0 Å². The quantitative estimate of drug-likeness (QED) is 0.731. The number of nitrogens with one attached hydrogen (secondary N) is 3. The van der Waals surface area contributed by atoms with Gasteiger partial charge in [0, 0.05) is 29.8 Å². The van der Waals surface area contributed by atoms with Crippen molar-refractivity contribution < 1.29 is 9.59 Å². The normalized spacial score (nSPS) is 20.6. The van der Waals surface area contributed by atoms with Crippen molar-refractivity contribution in [3.05, 3.63) is 29.8 Å². The third-order valence-electron chi connectivity index (χ3n) is 4.67. The molecule has 1 aliphatic heterocycles.